The van der Waals surface area contributed by atoms with Gasteiger partial charge in [0.2, 0.25) is 0 Å². The summed E-state index contributed by atoms with van der Waals surface area (Å²) in [5.41, 5.74) is 4.28. The van der Waals surface area contributed by atoms with Gasteiger partial charge < -0.3 is 14.5 Å². The maximum absolute atomic E-state index is 12.8. The number of carbonyl (C=O) groups excluding carboxylic acids is 2. The summed E-state index contributed by atoms with van der Waals surface area (Å²) in [4.78, 5) is 25.0. The second-order valence-electron chi connectivity index (χ2n) is 8.67. The fourth-order valence-corrected chi connectivity index (χ4v) is 3.35. The molecule has 5 heteroatoms. The predicted molar refractivity (Wildman–Crippen MR) is 120 cm³/mol. The van der Waals surface area contributed by atoms with E-state index in [1.807, 2.05) is 6.07 Å². The number of benzene rings is 2. The van der Waals surface area contributed by atoms with Gasteiger partial charge in [-0.05, 0) is 46.7 Å². The van der Waals surface area contributed by atoms with Crippen molar-refractivity contribution in [3.8, 4) is 0 Å². The van der Waals surface area contributed by atoms with E-state index in [-0.39, 0.29) is 11.2 Å². The molecule has 0 aliphatic rings. The quantitative estimate of drug-likeness (QED) is 0.563. The van der Waals surface area contributed by atoms with Crippen LogP contribution in [0.5, 0.6) is 0 Å². The molecule has 31 heavy (non-hydrogen) atoms. The van der Waals surface area contributed by atoms with Gasteiger partial charge in [0.15, 0.2) is 11.8 Å². The van der Waals surface area contributed by atoms with Crippen LogP contribution in [0.2, 0.25) is 0 Å². The van der Waals surface area contributed by atoms with Crippen LogP contribution in [-0.4, -0.2) is 19.0 Å². The minimum atomic E-state index is -0.905. The molecule has 5 nitrogen and oxygen atoms in total. The van der Waals surface area contributed by atoms with E-state index in [1.165, 1.54) is 18.2 Å². The summed E-state index contributed by atoms with van der Waals surface area (Å²) in [6, 6.07) is 18.0. The zero-order valence-corrected chi connectivity index (χ0v) is 18.7. The third-order valence-corrected chi connectivity index (χ3v) is 5.31. The zero-order valence-electron chi connectivity index (χ0n) is 18.7. The first-order valence-electron chi connectivity index (χ1n) is 10.3. The molecule has 0 fully saturated rings. The molecule has 1 aromatic heterocycles. The Kier molecular flexibility index (Phi) is 6.64. The van der Waals surface area contributed by atoms with Crippen molar-refractivity contribution in [2.45, 2.75) is 45.6 Å². The molecule has 0 radical (unpaired) electrons. The molecule has 0 bridgehead atoms. The number of nitrogens with one attached hydrogen (secondary N) is 1. The maximum Gasteiger partial charge on any atom is 0.333 e. The van der Waals surface area contributed by atoms with Crippen LogP contribution < -0.4 is 5.32 Å². The lowest BCUT2D eigenvalue weighted by molar-refractivity contribution is -0.143. The highest BCUT2D eigenvalue weighted by Gasteiger charge is 2.25. The lowest BCUT2D eigenvalue weighted by atomic mass is 9.85. The molecule has 0 saturated carbocycles. The Balaban J connectivity index is 1.77. The summed E-state index contributed by atoms with van der Waals surface area (Å²) < 4.78 is 10.7. The van der Waals surface area contributed by atoms with E-state index in [0.717, 1.165) is 5.56 Å². The smallest absolute Gasteiger partial charge is 0.333 e. The van der Waals surface area contributed by atoms with Gasteiger partial charge in [-0.2, -0.15) is 0 Å². The van der Waals surface area contributed by atoms with Gasteiger partial charge >= 0.3 is 5.97 Å². The highest BCUT2D eigenvalue weighted by molar-refractivity contribution is 5.94. The van der Waals surface area contributed by atoms with Crippen LogP contribution in [0.3, 0.4) is 0 Å². The van der Waals surface area contributed by atoms with Crippen molar-refractivity contribution in [3.05, 3.63) is 94.4 Å². The largest absolute Gasteiger partial charge is 0.467 e. The van der Waals surface area contributed by atoms with Crippen LogP contribution in [0.4, 0.5) is 0 Å². The van der Waals surface area contributed by atoms with Crippen LogP contribution in [0, 0.1) is 6.92 Å². The molecule has 0 unspecified atom stereocenters. The number of methoxy groups -OCH3 is 1. The second kappa shape index (κ2) is 9.21. The highest BCUT2D eigenvalue weighted by atomic mass is 16.5. The molecule has 1 N–H and O–H groups in total. The molecule has 1 amide bonds. The van der Waals surface area contributed by atoms with Crippen molar-refractivity contribution in [3.63, 3.8) is 0 Å². The number of ether oxygens (including phenoxy) is 1. The molecule has 0 saturated heterocycles. The van der Waals surface area contributed by atoms with Crippen LogP contribution >= 0.6 is 0 Å². The standard InChI is InChI=1S/C26H29NO4/c1-17-11-12-20(26(2,3)4)15-19(17)16-21-13-14-22(31-21)24(28)27-23(25(29)30-5)18-9-7-6-8-10-18/h6-15,23H,16H2,1-5H3,(H,27,28)/t23-/m1/s1. The zero-order chi connectivity index (χ0) is 22.6. The Hall–Kier alpha value is -3.34. The van der Waals surface area contributed by atoms with Gasteiger partial charge in [0.25, 0.3) is 5.91 Å². The van der Waals surface area contributed by atoms with E-state index >= 15 is 0 Å². The number of amides is 1. The molecule has 1 atom stereocenters. The lowest BCUT2D eigenvalue weighted by Gasteiger charge is -2.20. The lowest BCUT2D eigenvalue weighted by Crippen LogP contribution is -2.34. The van der Waals surface area contributed by atoms with Crippen molar-refractivity contribution >= 4 is 11.9 Å². The van der Waals surface area contributed by atoms with Gasteiger partial charge in [0.05, 0.1) is 7.11 Å². The Morgan fingerprint density at radius 2 is 1.74 bits per heavy atom. The fourth-order valence-electron chi connectivity index (χ4n) is 3.35. The summed E-state index contributed by atoms with van der Waals surface area (Å²) in [6.45, 7) is 8.61. The van der Waals surface area contributed by atoms with Gasteiger partial charge in [-0.25, -0.2) is 4.79 Å². The van der Waals surface area contributed by atoms with Crippen LogP contribution in [-0.2, 0) is 21.4 Å². The monoisotopic (exact) mass is 419 g/mol. The van der Waals surface area contributed by atoms with Gasteiger partial charge in [0.1, 0.15) is 5.76 Å². The Bertz CT molecular complexity index is 1060. The third kappa shape index (κ3) is 5.43. The van der Waals surface area contributed by atoms with E-state index in [1.54, 1.807) is 36.4 Å². The first-order valence-corrected chi connectivity index (χ1v) is 10.3. The average Bonchev–Trinajstić information content (AvgIpc) is 3.21. The summed E-state index contributed by atoms with van der Waals surface area (Å²) in [6.07, 6.45) is 0.585. The molecular formula is C26H29NO4. The van der Waals surface area contributed by atoms with E-state index < -0.39 is 17.9 Å². The number of carbonyl (C=O) groups is 2. The van der Waals surface area contributed by atoms with Gasteiger partial charge in [0, 0.05) is 6.42 Å². The van der Waals surface area contributed by atoms with Gasteiger partial charge in [-0.15, -0.1) is 0 Å². The molecule has 162 valence electrons. The molecule has 0 aliphatic heterocycles. The van der Waals surface area contributed by atoms with Crippen molar-refractivity contribution in [1.82, 2.24) is 5.32 Å². The number of furan rings is 1. The average molecular weight is 420 g/mol. The number of hydrogen-bond donors (Lipinski definition) is 1. The molecule has 0 aliphatic carbocycles. The Morgan fingerprint density at radius 1 is 1.03 bits per heavy atom. The van der Waals surface area contributed by atoms with E-state index in [9.17, 15) is 9.59 Å². The first kappa shape index (κ1) is 22.3. The summed E-state index contributed by atoms with van der Waals surface area (Å²) in [7, 11) is 1.30. The van der Waals surface area contributed by atoms with Gasteiger partial charge in [-0.3, -0.25) is 4.79 Å². The van der Waals surface area contributed by atoms with E-state index in [4.69, 9.17) is 9.15 Å². The molecule has 1 heterocycles. The molecule has 0 spiro atoms. The van der Waals surface area contributed by atoms with Crippen molar-refractivity contribution in [1.29, 1.82) is 0 Å². The SMILES string of the molecule is COC(=O)[C@H](NC(=O)c1ccc(Cc2cc(C(C)(C)C)ccc2C)o1)c1ccccc1. The Labute approximate surface area is 183 Å². The number of rotatable bonds is 6. The number of esters is 1. The number of aryl methyl sites for hydroxylation is 1. The molecule has 3 rings (SSSR count). The molecule has 2 aromatic carbocycles. The maximum atomic E-state index is 12.8. The normalized spacial score (nSPS) is 12.3. The van der Waals surface area contributed by atoms with Crippen molar-refractivity contribution in [2.24, 2.45) is 0 Å². The highest BCUT2D eigenvalue weighted by Crippen LogP contribution is 2.26. The van der Waals surface area contributed by atoms with E-state index in [0.29, 0.717) is 17.7 Å². The fraction of sp³-hybridized carbons (Fsp3) is 0.308. The summed E-state index contributed by atoms with van der Waals surface area (Å²) >= 11 is 0. The number of hydrogen-bond acceptors (Lipinski definition) is 4. The van der Waals surface area contributed by atoms with Crippen molar-refractivity contribution < 1.29 is 18.7 Å². The van der Waals surface area contributed by atoms with Crippen LogP contribution in [0.1, 0.15) is 65.4 Å². The minimum absolute atomic E-state index is 0.0526. The minimum Gasteiger partial charge on any atom is -0.467 e. The van der Waals surface area contributed by atoms with Crippen molar-refractivity contribution in [2.75, 3.05) is 7.11 Å². The third-order valence-electron chi connectivity index (χ3n) is 5.31. The predicted octanol–water partition coefficient (Wildman–Crippen LogP) is 5.12. The topological polar surface area (TPSA) is 68.5 Å². The van der Waals surface area contributed by atoms with Crippen LogP contribution in [0.25, 0.3) is 0 Å². The molecular weight excluding hydrogens is 390 g/mol. The summed E-state index contributed by atoms with van der Waals surface area (Å²) in [5.74, 6) is -0.162. The Morgan fingerprint density at radius 3 is 2.39 bits per heavy atom. The summed E-state index contributed by atoms with van der Waals surface area (Å²) in [5, 5.41) is 2.71. The first-order chi connectivity index (χ1) is 14.7. The van der Waals surface area contributed by atoms with Crippen LogP contribution in [0.15, 0.2) is 65.1 Å². The second-order valence-corrected chi connectivity index (χ2v) is 8.67. The van der Waals surface area contributed by atoms with E-state index in [2.05, 4.69) is 51.2 Å². The van der Waals surface area contributed by atoms with Gasteiger partial charge in [-0.1, -0.05) is 69.3 Å². The molecule has 3 aromatic rings.